The molecule has 92 valence electrons. The Bertz CT molecular complexity index is 872. The first-order chi connectivity index (χ1) is 9.20. The number of pyridine rings is 1. The maximum absolute atomic E-state index is 8.98. The lowest BCUT2D eigenvalue weighted by Gasteiger charge is -2.06. The van der Waals surface area contributed by atoms with Crippen LogP contribution in [0.25, 0.3) is 16.9 Å². The minimum Gasteiger partial charge on any atom is -0.329 e. The second-order valence-corrected chi connectivity index (χ2v) is 4.71. The fourth-order valence-corrected chi connectivity index (χ4v) is 2.41. The molecule has 3 rings (SSSR count). The number of hydrogen-bond donors (Lipinski definition) is 1. The Balaban J connectivity index is 2.40. The summed E-state index contributed by atoms with van der Waals surface area (Å²) < 4.78 is 2.22. The number of aromatic amines is 1. The summed E-state index contributed by atoms with van der Waals surface area (Å²) >= 11 is 11.5. The van der Waals surface area contributed by atoms with Crippen LogP contribution in [0.5, 0.6) is 0 Å². The average molecular weight is 287 g/mol. The number of H-pyrrole nitrogens is 1. The summed E-state index contributed by atoms with van der Waals surface area (Å²) in [5.74, 6) is 0. The van der Waals surface area contributed by atoms with Gasteiger partial charge in [0.15, 0.2) is 10.4 Å². The number of fused-ring (bicyclic) bond motifs is 1. The van der Waals surface area contributed by atoms with Crippen LogP contribution in [0.3, 0.4) is 0 Å². The molecule has 0 aliphatic carbocycles. The lowest BCUT2D eigenvalue weighted by atomic mass is 10.2. The molecule has 19 heavy (non-hydrogen) atoms. The highest BCUT2D eigenvalue weighted by Gasteiger charge is 2.11. The maximum Gasteiger partial charge on any atom is 0.184 e. The molecule has 6 heteroatoms. The molecule has 0 amide bonds. The molecule has 4 nitrogen and oxygen atoms in total. The van der Waals surface area contributed by atoms with E-state index >= 15 is 0 Å². The van der Waals surface area contributed by atoms with Crippen LogP contribution in [0, 0.1) is 16.1 Å². The predicted molar refractivity (Wildman–Crippen MR) is 76.0 cm³/mol. The van der Waals surface area contributed by atoms with Gasteiger partial charge in [-0.25, -0.2) is 4.98 Å². The van der Waals surface area contributed by atoms with Crippen molar-refractivity contribution >= 4 is 35.0 Å². The summed E-state index contributed by atoms with van der Waals surface area (Å²) in [7, 11) is 0. The molecule has 0 unspecified atom stereocenters. The normalized spacial score (nSPS) is 10.5. The molecule has 2 heterocycles. The molecule has 0 bridgehead atoms. The van der Waals surface area contributed by atoms with Crippen molar-refractivity contribution in [2.45, 2.75) is 0 Å². The number of aromatic nitrogens is 3. The average Bonchev–Trinajstić information content (AvgIpc) is 2.75. The van der Waals surface area contributed by atoms with Crippen molar-refractivity contribution in [2.24, 2.45) is 0 Å². The van der Waals surface area contributed by atoms with Gasteiger partial charge < -0.3 is 4.98 Å². The van der Waals surface area contributed by atoms with E-state index < -0.39 is 0 Å². The number of hydrogen-bond acceptors (Lipinski definition) is 3. The predicted octanol–water partition coefficient (Wildman–Crippen LogP) is 3.61. The smallest absolute Gasteiger partial charge is 0.184 e. The van der Waals surface area contributed by atoms with Crippen LogP contribution in [-0.4, -0.2) is 14.5 Å². The molecule has 2 aromatic heterocycles. The van der Waals surface area contributed by atoms with Gasteiger partial charge in [0.1, 0.15) is 0 Å². The third-order valence-electron chi connectivity index (χ3n) is 2.76. The minimum atomic E-state index is 0.491. The van der Waals surface area contributed by atoms with Gasteiger partial charge in [-0.2, -0.15) is 5.26 Å². The molecule has 0 aliphatic heterocycles. The molecule has 0 aliphatic rings. The topological polar surface area (TPSA) is 57.4 Å². The third kappa shape index (κ3) is 1.91. The van der Waals surface area contributed by atoms with Crippen molar-refractivity contribution in [2.75, 3.05) is 0 Å². The van der Waals surface area contributed by atoms with Crippen LogP contribution in [0.15, 0.2) is 36.5 Å². The SMILES string of the molecule is N#Cc1ccc(Cl)c(-n2c(=S)[nH]c3cccnc32)c1. The van der Waals surface area contributed by atoms with Gasteiger partial charge in [0.05, 0.1) is 27.9 Å². The lowest BCUT2D eigenvalue weighted by Crippen LogP contribution is -1.97. The van der Waals surface area contributed by atoms with Gasteiger partial charge in [0, 0.05) is 6.20 Å². The van der Waals surface area contributed by atoms with Crippen LogP contribution in [-0.2, 0) is 0 Å². The molecule has 1 aromatic carbocycles. The largest absolute Gasteiger partial charge is 0.329 e. The van der Waals surface area contributed by atoms with Gasteiger partial charge in [0.25, 0.3) is 0 Å². The quantitative estimate of drug-likeness (QED) is 0.695. The zero-order valence-electron chi connectivity index (χ0n) is 9.59. The van der Waals surface area contributed by atoms with E-state index in [2.05, 4.69) is 16.0 Å². The number of nitrogens with zero attached hydrogens (tertiary/aromatic N) is 3. The maximum atomic E-state index is 8.98. The van der Waals surface area contributed by atoms with Gasteiger partial charge in [-0.15, -0.1) is 0 Å². The Morgan fingerprint density at radius 3 is 3.00 bits per heavy atom. The van der Waals surface area contributed by atoms with Gasteiger partial charge in [-0.05, 0) is 42.5 Å². The van der Waals surface area contributed by atoms with Crippen molar-refractivity contribution in [3.8, 4) is 11.8 Å². The standard InChI is InChI=1S/C13H7ClN4S/c14-9-4-3-8(7-15)6-11(9)18-12-10(17-13(18)19)2-1-5-16-12/h1-6H,(H,17,19). The van der Waals surface area contributed by atoms with Crippen LogP contribution in [0.4, 0.5) is 0 Å². The fraction of sp³-hybridized carbons (Fsp3) is 0. The summed E-state index contributed by atoms with van der Waals surface area (Å²) in [6.45, 7) is 0. The second-order valence-electron chi connectivity index (χ2n) is 3.92. The molecule has 3 aromatic rings. The van der Waals surface area contributed by atoms with E-state index in [0.717, 1.165) is 5.52 Å². The molecular weight excluding hydrogens is 280 g/mol. The lowest BCUT2D eigenvalue weighted by molar-refractivity contribution is 1.04. The number of nitrogens with one attached hydrogen (secondary N) is 1. The van der Waals surface area contributed by atoms with E-state index in [1.165, 1.54) is 0 Å². The molecule has 0 fully saturated rings. The van der Waals surface area contributed by atoms with Crippen molar-refractivity contribution in [3.63, 3.8) is 0 Å². The minimum absolute atomic E-state index is 0.491. The van der Waals surface area contributed by atoms with E-state index in [0.29, 0.717) is 26.7 Å². The Hall–Kier alpha value is -2.16. The van der Waals surface area contributed by atoms with E-state index in [9.17, 15) is 0 Å². The summed E-state index contributed by atoms with van der Waals surface area (Å²) in [5, 5.41) is 9.50. The number of rotatable bonds is 1. The van der Waals surface area contributed by atoms with E-state index in [-0.39, 0.29) is 0 Å². The molecule has 0 saturated heterocycles. The van der Waals surface area contributed by atoms with Crippen LogP contribution >= 0.6 is 23.8 Å². The number of nitriles is 1. The van der Waals surface area contributed by atoms with E-state index in [1.54, 1.807) is 29.0 Å². The molecule has 0 spiro atoms. The molecule has 0 atom stereocenters. The van der Waals surface area contributed by atoms with Crippen LogP contribution < -0.4 is 0 Å². The summed E-state index contributed by atoms with van der Waals surface area (Å²) in [5.41, 5.74) is 2.68. The number of imidazole rings is 1. The summed E-state index contributed by atoms with van der Waals surface area (Å²) in [6.07, 6.45) is 1.68. The highest BCUT2D eigenvalue weighted by molar-refractivity contribution is 7.71. The number of halogens is 1. The highest BCUT2D eigenvalue weighted by Crippen LogP contribution is 2.25. The van der Waals surface area contributed by atoms with E-state index in [4.69, 9.17) is 29.1 Å². The molecular formula is C13H7ClN4S. The zero-order valence-corrected chi connectivity index (χ0v) is 11.2. The molecule has 0 saturated carbocycles. The van der Waals surface area contributed by atoms with E-state index in [1.807, 2.05) is 12.1 Å². The highest BCUT2D eigenvalue weighted by atomic mass is 35.5. The van der Waals surface area contributed by atoms with Crippen molar-refractivity contribution in [1.29, 1.82) is 5.26 Å². The third-order valence-corrected chi connectivity index (χ3v) is 3.36. The summed E-state index contributed by atoms with van der Waals surface area (Å²) in [6, 6.07) is 10.8. The Labute approximate surface area is 118 Å². The first kappa shape index (κ1) is 11.9. The Morgan fingerprint density at radius 1 is 1.37 bits per heavy atom. The van der Waals surface area contributed by atoms with Crippen LogP contribution in [0.2, 0.25) is 5.02 Å². The van der Waals surface area contributed by atoms with Crippen molar-refractivity contribution in [1.82, 2.24) is 14.5 Å². The first-order valence-electron chi connectivity index (χ1n) is 5.46. The fourth-order valence-electron chi connectivity index (χ4n) is 1.92. The monoisotopic (exact) mass is 286 g/mol. The van der Waals surface area contributed by atoms with Crippen LogP contribution in [0.1, 0.15) is 5.56 Å². The van der Waals surface area contributed by atoms with Crippen molar-refractivity contribution in [3.05, 3.63) is 51.9 Å². The summed E-state index contributed by atoms with van der Waals surface area (Å²) in [4.78, 5) is 7.36. The zero-order chi connectivity index (χ0) is 13.4. The Kier molecular flexibility index (Phi) is 2.82. The van der Waals surface area contributed by atoms with Gasteiger partial charge in [-0.3, -0.25) is 4.57 Å². The van der Waals surface area contributed by atoms with Gasteiger partial charge in [-0.1, -0.05) is 11.6 Å². The molecule has 1 N–H and O–H groups in total. The first-order valence-corrected chi connectivity index (χ1v) is 6.25. The molecule has 0 radical (unpaired) electrons. The van der Waals surface area contributed by atoms with Gasteiger partial charge >= 0.3 is 0 Å². The van der Waals surface area contributed by atoms with Gasteiger partial charge in [0.2, 0.25) is 0 Å². The number of benzene rings is 1. The second kappa shape index (κ2) is 4.50. The van der Waals surface area contributed by atoms with Crippen molar-refractivity contribution < 1.29 is 0 Å². The Morgan fingerprint density at radius 2 is 2.21 bits per heavy atom.